The lowest BCUT2D eigenvalue weighted by Crippen LogP contribution is -2.25. The summed E-state index contributed by atoms with van der Waals surface area (Å²) in [5.41, 5.74) is 4.95. The van der Waals surface area contributed by atoms with Crippen molar-refractivity contribution in [2.24, 2.45) is 5.90 Å². The Kier molecular flexibility index (Phi) is 10.3. The summed E-state index contributed by atoms with van der Waals surface area (Å²) in [7, 11) is 0. The van der Waals surface area contributed by atoms with Gasteiger partial charge in [0.05, 0.1) is 18.4 Å². The summed E-state index contributed by atoms with van der Waals surface area (Å²) in [5, 5.41) is 9.74. The molecule has 228 valence electrons. The smallest absolute Gasteiger partial charge is 0.324 e. The molecule has 0 aliphatic rings. The minimum Gasteiger partial charge on any atom is -0.373 e. The van der Waals surface area contributed by atoms with E-state index in [9.17, 15) is 14.0 Å². The molecular formula is C33H32Cl2FN5O3. The predicted octanol–water partition coefficient (Wildman–Crippen LogP) is 7.68. The summed E-state index contributed by atoms with van der Waals surface area (Å²) in [6, 6.07) is 19.2. The molecule has 2 aromatic heterocycles. The monoisotopic (exact) mass is 635 g/mol. The van der Waals surface area contributed by atoms with Gasteiger partial charge in [-0.05, 0) is 60.4 Å². The molecular weight excluding hydrogens is 604 g/mol. The van der Waals surface area contributed by atoms with E-state index in [4.69, 9.17) is 34.2 Å². The first kappa shape index (κ1) is 31.3. The van der Waals surface area contributed by atoms with Crippen LogP contribution in [0.3, 0.4) is 0 Å². The van der Waals surface area contributed by atoms with E-state index in [0.717, 1.165) is 47.8 Å². The Morgan fingerprint density at radius 3 is 2.39 bits per heavy atom. The second-order valence-corrected chi connectivity index (χ2v) is 11.4. The van der Waals surface area contributed by atoms with Crippen LogP contribution < -0.4 is 11.2 Å². The van der Waals surface area contributed by atoms with E-state index >= 15 is 0 Å². The molecule has 0 saturated carbocycles. The quantitative estimate of drug-likeness (QED) is 0.0906. The van der Waals surface area contributed by atoms with Gasteiger partial charge in [-0.2, -0.15) is 11.0 Å². The number of benzene rings is 3. The Morgan fingerprint density at radius 2 is 1.64 bits per heavy atom. The van der Waals surface area contributed by atoms with Crippen LogP contribution in [0.2, 0.25) is 10.0 Å². The van der Waals surface area contributed by atoms with Crippen molar-refractivity contribution in [1.82, 2.24) is 20.1 Å². The van der Waals surface area contributed by atoms with Gasteiger partial charge < -0.3 is 15.1 Å². The third-order valence-corrected chi connectivity index (χ3v) is 7.93. The number of carbonyl (C=O) groups excluding carboxylic acids is 2. The molecule has 3 aromatic carbocycles. The number of hydrogen-bond acceptors (Lipinski definition) is 5. The van der Waals surface area contributed by atoms with E-state index in [-0.39, 0.29) is 11.7 Å². The van der Waals surface area contributed by atoms with Gasteiger partial charge in [-0.1, -0.05) is 72.8 Å². The highest BCUT2D eigenvalue weighted by Gasteiger charge is 2.26. The number of halogens is 3. The zero-order chi connectivity index (χ0) is 31.1. The van der Waals surface area contributed by atoms with Crippen molar-refractivity contribution in [1.29, 1.82) is 0 Å². The third kappa shape index (κ3) is 7.48. The fraction of sp³-hybridized carbons (Fsp3) is 0.242. The number of nitrogens with one attached hydrogen (secondary N) is 2. The standard InChI is InChI=1S/C33H32Cl2FN5O3/c34-23-11-7-21(8-12-23)20-41-32(27(19-39-41)22-9-14-25(36)15-10-22)30-26-16-13-24(35)18-28(26)40-31(30)33(43)38-17-5-3-1-2-4-6-29(42)44-37/h7-16,18-19,40H,1-6,17,20,37H2,(H,38,43). The van der Waals surface area contributed by atoms with Crippen LogP contribution in [0.15, 0.2) is 72.9 Å². The summed E-state index contributed by atoms with van der Waals surface area (Å²) < 4.78 is 15.7. The molecule has 1 amide bonds. The van der Waals surface area contributed by atoms with E-state index in [1.807, 2.05) is 35.0 Å². The van der Waals surface area contributed by atoms with Gasteiger partial charge in [0.2, 0.25) is 0 Å². The van der Waals surface area contributed by atoms with Crippen LogP contribution in [-0.4, -0.2) is 33.2 Å². The summed E-state index contributed by atoms with van der Waals surface area (Å²) >= 11 is 12.5. The second-order valence-electron chi connectivity index (χ2n) is 10.5. The van der Waals surface area contributed by atoms with Crippen LogP contribution in [-0.2, 0) is 16.2 Å². The number of rotatable bonds is 13. The fourth-order valence-corrected chi connectivity index (χ4v) is 5.53. The Labute approximate surface area is 264 Å². The van der Waals surface area contributed by atoms with Crippen molar-refractivity contribution in [3.63, 3.8) is 0 Å². The van der Waals surface area contributed by atoms with Gasteiger partial charge in [0.25, 0.3) is 5.91 Å². The van der Waals surface area contributed by atoms with Crippen molar-refractivity contribution in [2.75, 3.05) is 6.54 Å². The number of carbonyl (C=O) groups is 2. The minimum absolute atomic E-state index is 0.262. The van der Waals surface area contributed by atoms with Gasteiger partial charge in [0.1, 0.15) is 11.5 Å². The van der Waals surface area contributed by atoms with Crippen molar-refractivity contribution < 1.29 is 18.8 Å². The minimum atomic E-state index is -0.412. The van der Waals surface area contributed by atoms with Crippen molar-refractivity contribution in [3.8, 4) is 22.4 Å². The summed E-state index contributed by atoms with van der Waals surface area (Å²) in [6.07, 6.45) is 6.23. The highest BCUT2D eigenvalue weighted by Crippen LogP contribution is 2.40. The van der Waals surface area contributed by atoms with Crippen molar-refractivity contribution in [3.05, 3.63) is 100 Å². The fourth-order valence-electron chi connectivity index (χ4n) is 5.23. The number of nitrogens with two attached hydrogens (primary N) is 1. The Morgan fingerprint density at radius 1 is 0.932 bits per heavy atom. The largest absolute Gasteiger partial charge is 0.373 e. The summed E-state index contributed by atoms with van der Waals surface area (Å²) in [5.74, 6) is 3.85. The Hall–Kier alpha value is -4.18. The molecule has 0 aliphatic carbocycles. The number of hydrogen-bond donors (Lipinski definition) is 3. The SMILES string of the molecule is NOC(=O)CCCCCCCNC(=O)c1[nH]c2cc(Cl)ccc2c1-c1c(-c2ccc(F)cc2)cnn1Cc1ccc(Cl)cc1. The lowest BCUT2D eigenvalue weighted by atomic mass is 9.98. The molecule has 2 heterocycles. The molecule has 0 saturated heterocycles. The summed E-state index contributed by atoms with van der Waals surface area (Å²) in [6.45, 7) is 0.895. The molecule has 8 nitrogen and oxygen atoms in total. The van der Waals surface area contributed by atoms with Crippen LogP contribution >= 0.6 is 23.2 Å². The predicted molar refractivity (Wildman–Crippen MR) is 171 cm³/mol. The molecule has 0 spiro atoms. The topological polar surface area (TPSA) is 115 Å². The summed E-state index contributed by atoms with van der Waals surface area (Å²) in [4.78, 5) is 32.4. The number of unbranched alkanes of at least 4 members (excludes halogenated alkanes) is 4. The number of nitrogens with zero attached hydrogens (tertiary/aromatic N) is 2. The van der Waals surface area contributed by atoms with Gasteiger partial charge in [-0.15, -0.1) is 0 Å². The van der Waals surface area contributed by atoms with Crippen LogP contribution in [0.5, 0.6) is 0 Å². The van der Waals surface area contributed by atoms with Gasteiger partial charge in [-0.25, -0.2) is 4.39 Å². The first-order valence-electron chi connectivity index (χ1n) is 14.4. The lowest BCUT2D eigenvalue weighted by Gasteiger charge is -2.13. The maximum Gasteiger partial charge on any atom is 0.324 e. The molecule has 0 atom stereocenters. The molecule has 11 heteroatoms. The Bertz CT molecular complexity index is 1750. The molecule has 5 aromatic rings. The van der Waals surface area contributed by atoms with Gasteiger partial charge in [-0.3, -0.25) is 14.3 Å². The van der Waals surface area contributed by atoms with E-state index < -0.39 is 5.97 Å². The molecule has 5 rings (SSSR count). The second kappa shape index (κ2) is 14.5. The normalized spacial score (nSPS) is 11.2. The zero-order valence-corrected chi connectivity index (χ0v) is 25.4. The van der Waals surface area contributed by atoms with Crippen LogP contribution in [0.4, 0.5) is 4.39 Å². The van der Waals surface area contributed by atoms with Gasteiger partial charge in [0, 0.05) is 45.0 Å². The third-order valence-electron chi connectivity index (χ3n) is 7.44. The van der Waals surface area contributed by atoms with Crippen molar-refractivity contribution >= 4 is 46.0 Å². The maximum absolute atomic E-state index is 13.9. The molecule has 0 radical (unpaired) electrons. The average molecular weight is 637 g/mol. The number of fused-ring (bicyclic) bond motifs is 1. The highest BCUT2D eigenvalue weighted by atomic mass is 35.5. The lowest BCUT2D eigenvalue weighted by molar-refractivity contribution is -0.144. The first-order valence-corrected chi connectivity index (χ1v) is 15.1. The molecule has 4 N–H and O–H groups in total. The molecule has 0 unspecified atom stereocenters. The van der Waals surface area contributed by atoms with Crippen LogP contribution in [0, 0.1) is 5.82 Å². The molecule has 44 heavy (non-hydrogen) atoms. The van der Waals surface area contributed by atoms with Gasteiger partial charge >= 0.3 is 5.97 Å². The van der Waals surface area contributed by atoms with Crippen molar-refractivity contribution in [2.45, 2.75) is 45.1 Å². The molecule has 0 bridgehead atoms. The van der Waals surface area contributed by atoms with E-state index in [1.54, 1.807) is 30.5 Å². The van der Waals surface area contributed by atoms with E-state index in [0.29, 0.717) is 58.4 Å². The molecule has 0 fully saturated rings. The number of aromatic amines is 1. The van der Waals surface area contributed by atoms with Gasteiger partial charge in [0.15, 0.2) is 0 Å². The number of amides is 1. The maximum atomic E-state index is 13.9. The highest BCUT2D eigenvalue weighted by molar-refractivity contribution is 6.31. The Balaban J connectivity index is 1.46. The van der Waals surface area contributed by atoms with Crippen LogP contribution in [0.1, 0.15) is 54.6 Å². The first-order chi connectivity index (χ1) is 21.3. The van der Waals surface area contributed by atoms with E-state index in [2.05, 4.69) is 15.1 Å². The van der Waals surface area contributed by atoms with E-state index in [1.165, 1.54) is 12.1 Å². The number of aromatic nitrogens is 3. The van der Waals surface area contributed by atoms with Crippen LogP contribution in [0.25, 0.3) is 33.3 Å². The average Bonchev–Trinajstić information content (AvgIpc) is 3.60. The number of H-pyrrole nitrogens is 1. The zero-order valence-electron chi connectivity index (χ0n) is 23.9. The molecule has 0 aliphatic heterocycles.